The summed E-state index contributed by atoms with van der Waals surface area (Å²) in [6, 6.07) is 10.7. The molecular weight excluding hydrogens is 510 g/mol. The number of fused-ring (bicyclic) bond motifs is 1. The number of nitrogens with one attached hydrogen (secondary N) is 3. The maximum atomic E-state index is 12.6. The van der Waals surface area contributed by atoms with Gasteiger partial charge >= 0.3 is 5.97 Å². The minimum atomic E-state index is -3.70. The van der Waals surface area contributed by atoms with Gasteiger partial charge in [0.15, 0.2) is 0 Å². The molecule has 4 N–H and O–H groups in total. The predicted octanol–water partition coefficient (Wildman–Crippen LogP) is 1.16. The number of sulfonamides is 1. The first kappa shape index (κ1) is 27.5. The Morgan fingerprint density at radius 3 is 2.61 bits per heavy atom. The van der Waals surface area contributed by atoms with Crippen molar-refractivity contribution in [3.05, 3.63) is 53.7 Å². The molecule has 1 fully saturated rings. The zero-order valence-corrected chi connectivity index (χ0v) is 21.9. The fraction of sp³-hybridized carbons (Fsp3) is 0.462. The summed E-state index contributed by atoms with van der Waals surface area (Å²) in [6.45, 7) is 0.612. The molecule has 3 heterocycles. The number of carbonyl (C=O) groups excluding carboxylic acids is 2. The quantitative estimate of drug-likeness (QED) is 0.290. The number of aromatic nitrogens is 1. The number of carboxylic acids is 1. The molecule has 1 aromatic carbocycles. The van der Waals surface area contributed by atoms with Gasteiger partial charge in [-0.05, 0) is 55.9 Å². The van der Waals surface area contributed by atoms with E-state index in [1.165, 1.54) is 22.0 Å². The summed E-state index contributed by atoms with van der Waals surface area (Å²) in [5, 5.41) is 17.8. The zero-order valence-electron chi connectivity index (χ0n) is 21.1. The lowest BCUT2D eigenvalue weighted by molar-refractivity contribution is -0.143. The molecule has 1 unspecified atom stereocenters. The van der Waals surface area contributed by atoms with Crippen molar-refractivity contribution < 1.29 is 27.9 Å². The van der Waals surface area contributed by atoms with Crippen molar-refractivity contribution in [1.82, 2.24) is 19.9 Å². The monoisotopic (exact) mass is 543 g/mol. The number of aliphatic carboxylic acids is 1. The number of rotatable bonds is 12. The SMILES string of the molecule is O=C(CCCCc1ccc2c(n1)NCCC2)NCC(NC(=O)C1CN(S(=O)(=O)c2ccccc2)C1)C(=O)O. The van der Waals surface area contributed by atoms with Gasteiger partial charge in [0.05, 0.1) is 10.8 Å². The molecule has 2 aromatic rings. The van der Waals surface area contributed by atoms with Crippen LogP contribution >= 0.6 is 0 Å². The van der Waals surface area contributed by atoms with Crippen LogP contribution in [-0.4, -0.2) is 72.8 Å². The first-order chi connectivity index (χ1) is 18.2. The number of hydrogen-bond acceptors (Lipinski definition) is 7. The molecular formula is C26H33N5O6S. The summed E-state index contributed by atoms with van der Waals surface area (Å²) in [4.78, 5) is 41.1. The van der Waals surface area contributed by atoms with Gasteiger partial charge in [-0.15, -0.1) is 0 Å². The largest absolute Gasteiger partial charge is 0.480 e. The van der Waals surface area contributed by atoms with E-state index in [4.69, 9.17) is 0 Å². The first-order valence-electron chi connectivity index (χ1n) is 12.8. The summed E-state index contributed by atoms with van der Waals surface area (Å²) in [6.07, 6.45) is 4.50. The van der Waals surface area contributed by atoms with Crippen LogP contribution in [0.1, 0.15) is 36.9 Å². The number of carbonyl (C=O) groups is 3. The lowest BCUT2D eigenvalue weighted by Gasteiger charge is -2.37. The molecule has 0 aliphatic carbocycles. The molecule has 1 aromatic heterocycles. The standard InChI is InChI=1S/C26H33N5O6S/c32-23(11-5-4-8-20-13-12-18-7-6-14-27-24(18)29-20)28-15-22(26(34)35)30-25(33)19-16-31(17-19)38(36,37)21-9-2-1-3-10-21/h1-3,9-10,12-13,19,22H,4-8,11,14-17H2,(H,27,29)(H,28,32)(H,30,33)(H,34,35). The molecule has 204 valence electrons. The molecule has 0 spiro atoms. The smallest absolute Gasteiger partial charge is 0.328 e. The third-order valence-electron chi connectivity index (χ3n) is 6.76. The van der Waals surface area contributed by atoms with Crippen molar-refractivity contribution in [2.24, 2.45) is 5.92 Å². The van der Waals surface area contributed by atoms with Crippen LogP contribution in [0.15, 0.2) is 47.4 Å². The van der Waals surface area contributed by atoms with Crippen LogP contribution in [0, 0.1) is 5.92 Å². The van der Waals surface area contributed by atoms with E-state index in [2.05, 4.69) is 27.0 Å². The number of amides is 2. The average molecular weight is 544 g/mol. The predicted molar refractivity (Wildman–Crippen MR) is 140 cm³/mol. The molecule has 11 nitrogen and oxygen atoms in total. The molecule has 2 aliphatic rings. The molecule has 38 heavy (non-hydrogen) atoms. The van der Waals surface area contributed by atoms with Crippen molar-refractivity contribution in [2.75, 3.05) is 31.5 Å². The number of anilines is 1. The van der Waals surface area contributed by atoms with Crippen LogP contribution in [0.3, 0.4) is 0 Å². The molecule has 0 bridgehead atoms. The van der Waals surface area contributed by atoms with Crippen molar-refractivity contribution in [2.45, 2.75) is 49.5 Å². The Morgan fingerprint density at radius 1 is 1.11 bits per heavy atom. The van der Waals surface area contributed by atoms with Gasteiger partial charge in [-0.2, -0.15) is 4.31 Å². The highest BCUT2D eigenvalue weighted by Gasteiger charge is 2.41. The minimum absolute atomic E-state index is 0.0309. The number of unbranched alkanes of at least 4 members (excludes halogenated alkanes) is 1. The number of hydrogen-bond donors (Lipinski definition) is 4. The van der Waals surface area contributed by atoms with Crippen molar-refractivity contribution >= 4 is 33.6 Å². The fourth-order valence-electron chi connectivity index (χ4n) is 4.44. The van der Waals surface area contributed by atoms with Crippen LogP contribution in [0.25, 0.3) is 0 Å². The van der Waals surface area contributed by atoms with E-state index in [1.54, 1.807) is 18.2 Å². The van der Waals surface area contributed by atoms with E-state index in [9.17, 15) is 27.9 Å². The van der Waals surface area contributed by atoms with Gasteiger partial charge in [-0.3, -0.25) is 9.59 Å². The van der Waals surface area contributed by atoms with Crippen molar-refractivity contribution in [3.63, 3.8) is 0 Å². The summed E-state index contributed by atoms with van der Waals surface area (Å²) < 4.78 is 26.3. The molecule has 0 radical (unpaired) electrons. The Hall–Kier alpha value is -3.51. The second-order valence-electron chi connectivity index (χ2n) is 9.58. The molecule has 1 atom stereocenters. The highest BCUT2D eigenvalue weighted by atomic mass is 32.2. The van der Waals surface area contributed by atoms with Gasteiger partial charge in [-0.1, -0.05) is 24.3 Å². The van der Waals surface area contributed by atoms with E-state index in [1.807, 2.05) is 6.07 Å². The first-order valence-corrected chi connectivity index (χ1v) is 14.3. The Balaban J connectivity index is 1.15. The highest BCUT2D eigenvalue weighted by Crippen LogP contribution is 2.25. The van der Waals surface area contributed by atoms with E-state index in [0.29, 0.717) is 6.42 Å². The van der Waals surface area contributed by atoms with Crippen molar-refractivity contribution in [3.8, 4) is 0 Å². The fourth-order valence-corrected chi connectivity index (χ4v) is 5.99. The lowest BCUT2D eigenvalue weighted by Crippen LogP contribution is -2.58. The number of carboxylic acid groups (broad SMARTS) is 1. The highest BCUT2D eigenvalue weighted by molar-refractivity contribution is 7.89. The third-order valence-corrected chi connectivity index (χ3v) is 8.60. The van der Waals surface area contributed by atoms with Gasteiger partial charge in [-0.25, -0.2) is 18.2 Å². The number of aryl methyl sites for hydroxylation is 2. The number of pyridine rings is 1. The molecule has 12 heteroatoms. The Bertz CT molecular complexity index is 1260. The zero-order chi connectivity index (χ0) is 27.1. The van der Waals surface area contributed by atoms with E-state index < -0.39 is 33.9 Å². The lowest BCUT2D eigenvalue weighted by atomic mass is 10.0. The summed E-state index contributed by atoms with van der Waals surface area (Å²) in [5.41, 5.74) is 2.20. The number of nitrogens with zero attached hydrogens (tertiary/aromatic N) is 2. The van der Waals surface area contributed by atoms with Crippen LogP contribution < -0.4 is 16.0 Å². The Morgan fingerprint density at radius 2 is 1.87 bits per heavy atom. The Kier molecular flexibility index (Phi) is 8.95. The van der Waals surface area contributed by atoms with E-state index >= 15 is 0 Å². The minimum Gasteiger partial charge on any atom is -0.480 e. The van der Waals surface area contributed by atoms with Crippen LogP contribution in [0.5, 0.6) is 0 Å². The maximum absolute atomic E-state index is 12.6. The van der Waals surface area contributed by atoms with Gasteiger partial charge in [0, 0.05) is 38.3 Å². The average Bonchev–Trinajstić information content (AvgIpc) is 2.88. The molecule has 0 saturated carbocycles. The molecule has 2 amide bonds. The molecule has 1 saturated heterocycles. The summed E-state index contributed by atoms with van der Waals surface area (Å²) in [7, 11) is -3.70. The topological polar surface area (TPSA) is 158 Å². The number of benzene rings is 1. The Labute approximate surface area is 222 Å². The van der Waals surface area contributed by atoms with Crippen molar-refractivity contribution in [1.29, 1.82) is 0 Å². The van der Waals surface area contributed by atoms with Gasteiger partial charge in [0.2, 0.25) is 21.8 Å². The second kappa shape index (κ2) is 12.4. The molecule has 2 aliphatic heterocycles. The van der Waals surface area contributed by atoms with Crippen LogP contribution in [0.2, 0.25) is 0 Å². The van der Waals surface area contributed by atoms with E-state index in [-0.39, 0.29) is 36.9 Å². The van der Waals surface area contributed by atoms with Gasteiger partial charge in [0.1, 0.15) is 11.9 Å². The van der Waals surface area contributed by atoms with E-state index in [0.717, 1.165) is 43.7 Å². The van der Waals surface area contributed by atoms with Crippen LogP contribution in [-0.2, 0) is 37.2 Å². The summed E-state index contributed by atoms with van der Waals surface area (Å²) in [5.74, 6) is -1.84. The second-order valence-corrected chi connectivity index (χ2v) is 11.5. The third kappa shape index (κ3) is 6.87. The van der Waals surface area contributed by atoms with Gasteiger partial charge < -0.3 is 21.1 Å². The van der Waals surface area contributed by atoms with Crippen LogP contribution in [0.4, 0.5) is 5.82 Å². The molecule has 4 rings (SSSR count). The normalized spacial score (nSPS) is 16.4. The summed E-state index contributed by atoms with van der Waals surface area (Å²) >= 11 is 0. The maximum Gasteiger partial charge on any atom is 0.328 e. The van der Waals surface area contributed by atoms with Gasteiger partial charge in [0.25, 0.3) is 0 Å².